The molecule has 0 saturated carbocycles. The van der Waals surface area contributed by atoms with Crippen molar-refractivity contribution in [2.75, 3.05) is 19.6 Å². The van der Waals surface area contributed by atoms with E-state index in [1.54, 1.807) is 0 Å². The van der Waals surface area contributed by atoms with E-state index in [1.807, 2.05) is 12.1 Å². The highest BCUT2D eigenvalue weighted by molar-refractivity contribution is 9.10. The summed E-state index contributed by atoms with van der Waals surface area (Å²) in [6.07, 6.45) is 0.946. The second-order valence-corrected chi connectivity index (χ2v) is 5.59. The number of amides is 3. The van der Waals surface area contributed by atoms with E-state index >= 15 is 0 Å². The first-order valence-electron chi connectivity index (χ1n) is 6.69. The topological polar surface area (TPSA) is 61.4 Å². The lowest BCUT2D eigenvalue weighted by atomic mass is 10.0. The summed E-state index contributed by atoms with van der Waals surface area (Å²) in [5.74, 6) is -0.159. The highest BCUT2D eigenvalue weighted by Crippen LogP contribution is 2.19. The van der Waals surface area contributed by atoms with E-state index in [0.29, 0.717) is 13.1 Å². The molecule has 6 heteroatoms. The van der Waals surface area contributed by atoms with Gasteiger partial charge in [0.2, 0.25) is 5.91 Å². The largest absolute Gasteiger partial charge is 0.329 e. The Bertz CT molecular complexity index is 474. The lowest BCUT2D eigenvalue weighted by molar-refractivity contribution is -0.124. The zero-order valence-corrected chi connectivity index (χ0v) is 12.9. The maximum atomic E-state index is 11.4. The van der Waals surface area contributed by atoms with Crippen LogP contribution in [0.3, 0.4) is 0 Å². The van der Waals surface area contributed by atoms with E-state index in [9.17, 15) is 9.59 Å². The molecule has 1 aromatic carbocycles. The highest BCUT2D eigenvalue weighted by atomic mass is 79.9. The Hall–Kier alpha value is -1.40. The number of imide groups is 1. The SMILES string of the molecule is CCC(NCCN1C(=O)CNC1=O)c1ccc(Br)cc1. The lowest BCUT2D eigenvalue weighted by Gasteiger charge is -2.19. The molecule has 0 bridgehead atoms. The number of nitrogens with one attached hydrogen (secondary N) is 2. The highest BCUT2D eigenvalue weighted by Gasteiger charge is 2.27. The lowest BCUT2D eigenvalue weighted by Crippen LogP contribution is -2.37. The van der Waals surface area contributed by atoms with Crippen LogP contribution in [0.5, 0.6) is 0 Å². The Balaban J connectivity index is 1.86. The standard InChI is InChI=1S/C14H18BrN3O2/c1-2-12(10-3-5-11(15)6-4-10)16-7-8-18-13(19)9-17-14(18)20/h3-6,12,16H,2,7-9H2,1H3,(H,17,20). The molecule has 1 saturated heterocycles. The van der Waals surface area contributed by atoms with Crippen LogP contribution in [-0.2, 0) is 4.79 Å². The van der Waals surface area contributed by atoms with Gasteiger partial charge < -0.3 is 10.6 Å². The Labute approximate surface area is 126 Å². The summed E-state index contributed by atoms with van der Waals surface area (Å²) in [6.45, 7) is 3.21. The number of benzene rings is 1. The monoisotopic (exact) mass is 339 g/mol. The Morgan fingerprint density at radius 1 is 1.35 bits per heavy atom. The van der Waals surface area contributed by atoms with E-state index in [0.717, 1.165) is 10.9 Å². The quantitative estimate of drug-likeness (QED) is 0.779. The van der Waals surface area contributed by atoms with Gasteiger partial charge in [0.15, 0.2) is 0 Å². The zero-order chi connectivity index (χ0) is 14.5. The smallest absolute Gasteiger partial charge is 0.324 e. The summed E-state index contributed by atoms with van der Waals surface area (Å²) >= 11 is 3.42. The fraction of sp³-hybridized carbons (Fsp3) is 0.429. The molecule has 1 aliphatic rings. The maximum Gasteiger partial charge on any atom is 0.324 e. The summed E-state index contributed by atoms with van der Waals surface area (Å²) in [4.78, 5) is 24.1. The molecule has 2 rings (SSSR count). The van der Waals surface area contributed by atoms with Crippen LogP contribution in [-0.4, -0.2) is 36.5 Å². The molecular weight excluding hydrogens is 322 g/mol. The number of nitrogens with zero attached hydrogens (tertiary/aromatic N) is 1. The Kier molecular flexibility index (Phi) is 5.14. The van der Waals surface area contributed by atoms with Gasteiger partial charge in [-0.25, -0.2) is 4.79 Å². The van der Waals surface area contributed by atoms with Crippen LogP contribution >= 0.6 is 15.9 Å². The molecule has 0 aliphatic carbocycles. The molecule has 1 aromatic rings. The number of hydrogen-bond donors (Lipinski definition) is 2. The van der Waals surface area contributed by atoms with Gasteiger partial charge in [0.25, 0.3) is 0 Å². The number of hydrogen-bond acceptors (Lipinski definition) is 3. The first kappa shape index (κ1) is 15.0. The second kappa shape index (κ2) is 6.85. The van der Waals surface area contributed by atoms with Crippen molar-refractivity contribution >= 4 is 27.9 Å². The second-order valence-electron chi connectivity index (χ2n) is 4.67. The van der Waals surface area contributed by atoms with Crippen molar-refractivity contribution in [1.29, 1.82) is 0 Å². The molecular formula is C14H18BrN3O2. The molecule has 1 fully saturated rings. The van der Waals surface area contributed by atoms with Crippen LogP contribution in [0.15, 0.2) is 28.7 Å². The molecule has 5 nitrogen and oxygen atoms in total. The third kappa shape index (κ3) is 3.58. The van der Waals surface area contributed by atoms with Gasteiger partial charge in [-0.15, -0.1) is 0 Å². The molecule has 2 N–H and O–H groups in total. The number of urea groups is 1. The average molecular weight is 340 g/mol. The third-order valence-electron chi connectivity index (χ3n) is 3.34. The molecule has 1 atom stereocenters. The molecule has 108 valence electrons. The maximum absolute atomic E-state index is 11.4. The van der Waals surface area contributed by atoms with Crippen LogP contribution in [0.25, 0.3) is 0 Å². The minimum Gasteiger partial charge on any atom is -0.329 e. The first-order chi connectivity index (χ1) is 9.61. The predicted molar refractivity (Wildman–Crippen MR) is 80.3 cm³/mol. The van der Waals surface area contributed by atoms with E-state index in [2.05, 4.69) is 45.6 Å². The van der Waals surface area contributed by atoms with Crippen molar-refractivity contribution in [3.63, 3.8) is 0 Å². The van der Waals surface area contributed by atoms with E-state index in [4.69, 9.17) is 0 Å². The van der Waals surface area contributed by atoms with Crippen LogP contribution in [0.4, 0.5) is 4.79 Å². The van der Waals surface area contributed by atoms with Crippen molar-refractivity contribution in [2.45, 2.75) is 19.4 Å². The van der Waals surface area contributed by atoms with E-state index in [1.165, 1.54) is 10.5 Å². The Morgan fingerprint density at radius 2 is 2.05 bits per heavy atom. The minimum absolute atomic E-state index is 0.114. The van der Waals surface area contributed by atoms with Gasteiger partial charge in [-0.3, -0.25) is 9.69 Å². The van der Waals surface area contributed by atoms with E-state index < -0.39 is 0 Å². The number of carbonyl (C=O) groups excluding carboxylic acids is 2. The molecule has 0 spiro atoms. The molecule has 1 aliphatic heterocycles. The molecule has 0 aromatic heterocycles. The Morgan fingerprint density at radius 3 is 2.60 bits per heavy atom. The molecule has 3 amide bonds. The van der Waals surface area contributed by atoms with Crippen molar-refractivity contribution < 1.29 is 9.59 Å². The summed E-state index contributed by atoms with van der Waals surface area (Å²) in [6, 6.07) is 8.09. The fourth-order valence-corrected chi connectivity index (χ4v) is 2.49. The van der Waals surface area contributed by atoms with Gasteiger partial charge in [0.05, 0.1) is 6.54 Å². The van der Waals surface area contributed by atoms with Crippen LogP contribution in [0.2, 0.25) is 0 Å². The van der Waals surface area contributed by atoms with Gasteiger partial charge in [-0.1, -0.05) is 35.0 Å². The normalized spacial score (nSPS) is 16.4. The van der Waals surface area contributed by atoms with Crippen LogP contribution in [0, 0.1) is 0 Å². The van der Waals surface area contributed by atoms with Gasteiger partial charge >= 0.3 is 6.03 Å². The molecule has 0 radical (unpaired) electrons. The number of halogens is 1. The van der Waals surface area contributed by atoms with Crippen molar-refractivity contribution in [3.05, 3.63) is 34.3 Å². The van der Waals surface area contributed by atoms with E-state index in [-0.39, 0.29) is 24.5 Å². The van der Waals surface area contributed by atoms with Gasteiger partial charge in [0, 0.05) is 23.6 Å². The zero-order valence-electron chi connectivity index (χ0n) is 11.4. The molecule has 1 heterocycles. The summed E-state index contributed by atoms with van der Waals surface area (Å²) in [5, 5.41) is 5.90. The number of carbonyl (C=O) groups is 2. The van der Waals surface area contributed by atoms with Crippen LogP contribution in [0.1, 0.15) is 24.9 Å². The van der Waals surface area contributed by atoms with Crippen molar-refractivity contribution in [3.8, 4) is 0 Å². The van der Waals surface area contributed by atoms with Gasteiger partial charge in [-0.2, -0.15) is 0 Å². The van der Waals surface area contributed by atoms with Crippen molar-refractivity contribution in [1.82, 2.24) is 15.5 Å². The first-order valence-corrected chi connectivity index (χ1v) is 7.48. The summed E-state index contributed by atoms with van der Waals surface area (Å²) in [7, 11) is 0. The number of rotatable bonds is 6. The third-order valence-corrected chi connectivity index (χ3v) is 3.87. The minimum atomic E-state index is -0.298. The van der Waals surface area contributed by atoms with Gasteiger partial charge in [0.1, 0.15) is 0 Å². The fourth-order valence-electron chi connectivity index (χ4n) is 2.23. The van der Waals surface area contributed by atoms with Crippen molar-refractivity contribution in [2.24, 2.45) is 0 Å². The summed E-state index contributed by atoms with van der Waals surface area (Å²) < 4.78 is 1.05. The molecule has 20 heavy (non-hydrogen) atoms. The van der Waals surface area contributed by atoms with Crippen LogP contribution < -0.4 is 10.6 Å². The average Bonchev–Trinajstić information content (AvgIpc) is 2.76. The molecule has 1 unspecified atom stereocenters. The predicted octanol–water partition coefficient (Wildman–Crippen LogP) is 2.04. The summed E-state index contributed by atoms with van der Waals surface area (Å²) in [5.41, 5.74) is 1.20. The van der Waals surface area contributed by atoms with Gasteiger partial charge in [-0.05, 0) is 24.1 Å².